The molecule has 9 nitrogen and oxygen atoms in total. The maximum absolute atomic E-state index is 12.9. The van der Waals surface area contributed by atoms with Crippen molar-refractivity contribution in [2.24, 2.45) is 0 Å². The monoisotopic (exact) mass is 423 g/mol. The van der Waals surface area contributed by atoms with Crippen LogP contribution in [-0.4, -0.2) is 59.3 Å². The summed E-state index contributed by atoms with van der Waals surface area (Å²) in [5, 5.41) is 4.08. The Morgan fingerprint density at radius 3 is 2.59 bits per heavy atom. The third-order valence-corrected chi connectivity index (χ3v) is 6.38. The van der Waals surface area contributed by atoms with E-state index in [1.54, 1.807) is 16.8 Å². The SMILES string of the molecule is CCOCc1cc2cnc(NC3CCN(S(C)(=O)=O)CC3)nc2n(C(C)C)c1=O. The first-order chi connectivity index (χ1) is 13.7. The number of ether oxygens (including phenoxy) is 1. The van der Waals surface area contributed by atoms with Crippen LogP contribution in [0.25, 0.3) is 11.0 Å². The Kier molecular flexibility index (Phi) is 6.55. The van der Waals surface area contributed by atoms with E-state index in [2.05, 4.69) is 15.3 Å². The molecule has 0 bridgehead atoms. The molecule has 1 saturated heterocycles. The highest BCUT2D eigenvalue weighted by atomic mass is 32.2. The number of hydrogen-bond donors (Lipinski definition) is 1. The molecule has 0 saturated carbocycles. The second-order valence-corrected chi connectivity index (χ2v) is 9.61. The predicted octanol–water partition coefficient (Wildman–Crippen LogP) is 1.74. The van der Waals surface area contributed by atoms with E-state index >= 15 is 0 Å². The lowest BCUT2D eigenvalue weighted by atomic mass is 10.1. The zero-order chi connectivity index (χ0) is 21.2. The number of nitrogens with one attached hydrogen (secondary N) is 1. The third-order valence-electron chi connectivity index (χ3n) is 5.08. The first kappa shape index (κ1) is 21.7. The minimum absolute atomic E-state index is 0.0627. The number of hydrogen-bond acceptors (Lipinski definition) is 7. The fraction of sp³-hybridized carbons (Fsp3) is 0.632. The molecule has 160 valence electrons. The Balaban J connectivity index is 1.86. The van der Waals surface area contributed by atoms with Gasteiger partial charge in [-0.15, -0.1) is 0 Å². The molecule has 3 heterocycles. The molecule has 0 spiro atoms. The smallest absolute Gasteiger partial charge is 0.257 e. The molecule has 29 heavy (non-hydrogen) atoms. The maximum atomic E-state index is 12.9. The molecular formula is C19H29N5O4S. The van der Waals surface area contributed by atoms with Crippen LogP contribution < -0.4 is 10.9 Å². The molecule has 0 atom stereocenters. The summed E-state index contributed by atoms with van der Waals surface area (Å²) in [6.07, 6.45) is 4.31. The van der Waals surface area contributed by atoms with Gasteiger partial charge in [0.05, 0.1) is 12.9 Å². The van der Waals surface area contributed by atoms with Gasteiger partial charge in [0.25, 0.3) is 5.56 Å². The molecule has 2 aromatic rings. The van der Waals surface area contributed by atoms with Crippen LogP contribution in [0.4, 0.5) is 5.95 Å². The molecule has 0 aromatic carbocycles. The van der Waals surface area contributed by atoms with Crippen LogP contribution in [0.5, 0.6) is 0 Å². The highest BCUT2D eigenvalue weighted by Gasteiger charge is 2.25. The lowest BCUT2D eigenvalue weighted by molar-refractivity contribution is 0.133. The van der Waals surface area contributed by atoms with E-state index in [0.29, 0.717) is 49.7 Å². The zero-order valence-electron chi connectivity index (χ0n) is 17.4. The second-order valence-electron chi connectivity index (χ2n) is 7.63. The van der Waals surface area contributed by atoms with Gasteiger partial charge in [-0.05, 0) is 39.7 Å². The quantitative estimate of drug-likeness (QED) is 0.723. The van der Waals surface area contributed by atoms with Crippen molar-refractivity contribution in [2.75, 3.05) is 31.3 Å². The van der Waals surface area contributed by atoms with E-state index in [4.69, 9.17) is 4.74 Å². The average Bonchev–Trinajstić information content (AvgIpc) is 2.66. The average molecular weight is 424 g/mol. The minimum Gasteiger partial charge on any atom is -0.377 e. The molecular weight excluding hydrogens is 394 g/mol. The van der Waals surface area contributed by atoms with Crippen molar-refractivity contribution in [3.8, 4) is 0 Å². The predicted molar refractivity (Wildman–Crippen MR) is 113 cm³/mol. The molecule has 1 aliphatic heterocycles. The summed E-state index contributed by atoms with van der Waals surface area (Å²) in [6, 6.07) is 1.81. The van der Waals surface area contributed by atoms with Crippen LogP contribution >= 0.6 is 0 Å². The minimum atomic E-state index is -3.16. The highest BCUT2D eigenvalue weighted by molar-refractivity contribution is 7.88. The summed E-state index contributed by atoms with van der Waals surface area (Å²) in [5.41, 5.74) is 1.06. The first-order valence-corrected chi connectivity index (χ1v) is 11.8. The van der Waals surface area contributed by atoms with Gasteiger partial charge in [-0.3, -0.25) is 9.36 Å². The highest BCUT2D eigenvalue weighted by Crippen LogP contribution is 2.20. The van der Waals surface area contributed by atoms with Crippen molar-refractivity contribution in [3.05, 3.63) is 28.2 Å². The van der Waals surface area contributed by atoms with Gasteiger partial charge in [0.15, 0.2) is 0 Å². The molecule has 1 fully saturated rings. The second kappa shape index (κ2) is 8.76. The molecule has 0 radical (unpaired) electrons. The van der Waals surface area contributed by atoms with Crippen molar-refractivity contribution in [1.29, 1.82) is 0 Å². The van der Waals surface area contributed by atoms with E-state index in [1.807, 2.05) is 20.8 Å². The normalized spacial score (nSPS) is 16.6. The van der Waals surface area contributed by atoms with Crippen LogP contribution in [0, 0.1) is 0 Å². The van der Waals surface area contributed by atoms with Gasteiger partial charge in [-0.25, -0.2) is 17.7 Å². The molecule has 0 aliphatic carbocycles. The Morgan fingerprint density at radius 1 is 1.31 bits per heavy atom. The number of pyridine rings is 1. The van der Waals surface area contributed by atoms with E-state index in [9.17, 15) is 13.2 Å². The van der Waals surface area contributed by atoms with Crippen molar-refractivity contribution in [2.45, 2.75) is 52.3 Å². The maximum Gasteiger partial charge on any atom is 0.257 e. The first-order valence-electron chi connectivity index (χ1n) is 9.91. The molecule has 1 aliphatic rings. The zero-order valence-corrected chi connectivity index (χ0v) is 18.2. The number of aromatic nitrogens is 3. The Bertz CT molecular complexity index is 1030. The molecule has 0 amide bonds. The van der Waals surface area contributed by atoms with Crippen LogP contribution in [0.15, 0.2) is 17.1 Å². The number of nitrogens with zero attached hydrogens (tertiary/aromatic N) is 4. The number of anilines is 1. The Morgan fingerprint density at radius 2 is 2.00 bits per heavy atom. The van der Waals surface area contributed by atoms with Gasteiger partial charge in [-0.1, -0.05) is 0 Å². The summed E-state index contributed by atoms with van der Waals surface area (Å²) < 4.78 is 31.9. The van der Waals surface area contributed by atoms with Gasteiger partial charge in [0.1, 0.15) is 5.65 Å². The number of rotatable bonds is 7. The van der Waals surface area contributed by atoms with Gasteiger partial charge >= 0.3 is 0 Å². The van der Waals surface area contributed by atoms with Crippen LogP contribution in [0.3, 0.4) is 0 Å². The van der Waals surface area contributed by atoms with E-state index in [1.165, 1.54) is 10.6 Å². The summed E-state index contributed by atoms with van der Waals surface area (Å²) in [4.78, 5) is 21.9. The number of piperidine rings is 1. The van der Waals surface area contributed by atoms with E-state index in [-0.39, 0.29) is 24.2 Å². The number of fused-ring (bicyclic) bond motifs is 1. The third kappa shape index (κ3) is 4.93. The standard InChI is InChI=1S/C19H29N5O4S/c1-5-28-12-15-10-14-11-20-19(22-17(14)24(13(2)3)18(15)25)21-16-6-8-23(9-7-16)29(4,26)27/h10-11,13,16H,5-9,12H2,1-4H3,(H,20,21,22). The van der Waals surface area contributed by atoms with Crippen LogP contribution in [0.2, 0.25) is 0 Å². The largest absolute Gasteiger partial charge is 0.377 e. The fourth-order valence-electron chi connectivity index (χ4n) is 3.56. The van der Waals surface area contributed by atoms with Crippen LogP contribution in [0.1, 0.15) is 45.2 Å². The van der Waals surface area contributed by atoms with Gasteiger partial charge < -0.3 is 10.1 Å². The Labute approximate surface area is 171 Å². The summed E-state index contributed by atoms with van der Waals surface area (Å²) >= 11 is 0. The van der Waals surface area contributed by atoms with Gasteiger partial charge in [-0.2, -0.15) is 4.98 Å². The topological polar surface area (TPSA) is 106 Å². The van der Waals surface area contributed by atoms with Crippen molar-refractivity contribution < 1.29 is 13.2 Å². The summed E-state index contributed by atoms with van der Waals surface area (Å²) in [6.45, 7) is 7.53. The lowest BCUT2D eigenvalue weighted by Gasteiger charge is -2.30. The van der Waals surface area contributed by atoms with Crippen molar-refractivity contribution >= 4 is 27.0 Å². The number of sulfonamides is 1. The van der Waals surface area contributed by atoms with E-state index in [0.717, 1.165) is 5.39 Å². The molecule has 10 heteroatoms. The summed E-state index contributed by atoms with van der Waals surface area (Å²) in [5.74, 6) is 0.446. The molecule has 2 aromatic heterocycles. The van der Waals surface area contributed by atoms with Crippen LogP contribution in [-0.2, 0) is 21.4 Å². The summed E-state index contributed by atoms with van der Waals surface area (Å²) in [7, 11) is -3.16. The molecule has 3 rings (SSSR count). The van der Waals surface area contributed by atoms with Gasteiger partial charge in [0.2, 0.25) is 16.0 Å². The van der Waals surface area contributed by atoms with Crippen molar-refractivity contribution in [3.63, 3.8) is 0 Å². The Hall–Kier alpha value is -2.04. The lowest BCUT2D eigenvalue weighted by Crippen LogP contribution is -2.42. The van der Waals surface area contributed by atoms with Crippen molar-refractivity contribution in [1.82, 2.24) is 18.8 Å². The van der Waals surface area contributed by atoms with E-state index < -0.39 is 10.0 Å². The fourth-order valence-corrected chi connectivity index (χ4v) is 4.43. The molecule has 0 unspecified atom stereocenters. The van der Waals surface area contributed by atoms with Gasteiger partial charge in [0, 0.05) is 48.9 Å². The molecule has 1 N–H and O–H groups in total.